The van der Waals surface area contributed by atoms with Crippen molar-refractivity contribution in [3.05, 3.63) is 36.2 Å². The van der Waals surface area contributed by atoms with E-state index in [-0.39, 0.29) is 5.75 Å². The molecule has 0 aliphatic rings. The first-order valence-corrected chi connectivity index (χ1v) is 5.38. The van der Waals surface area contributed by atoms with E-state index in [2.05, 4.69) is 14.7 Å². The van der Waals surface area contributed by atoms with Crippen LogP contribution < -0.4 is 0 Å². The first-order chi connectivity index (χ1) is 8.70. The molecule has 0 radical (unpaired) electrons. The van der Waals surface area contributed by atoms with E-state index in [4.69, 9.17) is 0 Å². The molecule has 0 aliphatic heterocycles. The van der Waals surface area contributed by atoms with Gasteiger partial charge in [-0.15, -0.1) is 0 Å². The molecule has 0 saturated carbocycles. The van der Waals surface area contributed by atoms with Crippen LogP contribution in [0.3, 0.4) is 0 Å². The Bertz CT molecular complexity index is 761. The minimum atomic E-state index is -0.470. The Morgan fingerprint density at radius 1 is 1.39 bits per heavy atom. The van der Waals surface area contributed by atoms with Crippen LogP contribution in [0.25, 0.3) is 21.8 Å². The molecule has 0 saturated heterocycles. The van der Waals surface area contributed by atoms with Gasteiger partial charge >= 0.3 is 5.97 Å². The molecule has 90 valence electrons. The molecule has 18 heavy (non-hydrogen) atoms. The number of hydrogen-bond donors (Lipinski definition) is 2. The Balaban J connectivity index is 2.41. The molecule has 0 amide bonds. The third-order valence-corrected chi connectivity index (χ3v) is 2.88. The van der Waals surface area contributed by atoms with E-state index in [1.165, 1.54) is 7.11 Å². The number of aromatic hydroxyl groups is 1. The maximum absolute atomic E-state index is 11.5. The Morgan fingerprint density at radius 2 is 2.22 bits per heavy atom. The molecule has 0 atom stereocenters. The van der Waals surface area contributed by atoms with Crippen molar-refractivity contribution in [3.63, 3.8) is 0 Å². The van der Waals surface area contributed by atoms with Gasteiger partial charge in [0.1, 0.15) is 11.4 Å². The molecule has 0 bridgehead atoms. The maximum Gasteiger partial charge on any atom is 0.354 e. The Labute approximate surface area is 102 Å². The number of H-pyrrole nitrogens is 1. The maximum atomic E-state index is 11.5. The zero-order valence-electron chi connectivity index (χ0n) is 9.60. The number of pyridine rings is 1. The summed E-state index contributed by atoms with van der Waals surface area (Å²) in [5.41, 5.74) is 1.49. The topological polar surface area (TPSA) is 75.2 Å². The normalized spacial score (nSPS) is 10.9. The number of aromatic amines is 1. The zero-order valence-corrected chi connectivity index (χ0v) is 9.60. The van der Waals surface area contributed by atoms with E-state index < -0.39 is 5.97 Å². The number of aromatic nitrogens is 2. The van der Waals surface area contributed by atoms with Crippen LogP contribution in [0.5, 0.6) is 5.75 Å². The smallest absolute Gasteiger partial charge is 0.354 e. The van der Waals surface area contributed by atoms with Gasteiger partial charge in [-0.05, 0) is 12.1 Å². The number of nitrogens with one attached hydrogen (secondary N) is 1. The lowest BCUT2D eigenvalue weighted by molar-refractivity contribution is 0.0595. The summed E-state index contributed by atoms with van der Waals surface area (Å²) in [4.78, 5) is 18.5. The van der Waals surface area contributed by atoms with Crippen molar-refractivity contribution in [2.24, 2.45) is 0 Å². The average molecular weight is 242 g/mol. The highest BCUT2D eigenvalue weighted by atomic mass is 16.5. The highest BCUT2D eigenvalue weighted by Gasteiger charge is 2.14. The van der Waals surface area contributed by atoms with Gasteiger partial charge in [0.05, 0.1) is 18.1 Å². The van der Waals surface area contributed by atoms with Gasteiger partial charge in [-0.1, -0.05) is 6.07 Å². The van der Waals surface area contributed by atoms with E-state index in [1.54, 1.807) is 18.3 Å². The van der Waals surface area contributed by atoms with Gasteiger partial charge < -0.3 is 14.8 Å². The van der Waals surface area contributed by atoms with Crippen molar-refractivity contribution in [1.29, 1.82) is 0 Å². The summed E-state index contributed by atoms with van der Waals surface area (Å²) < 4.78 is 4.65. The highest BCUT2D eigenvalue weighted by molar-refractivity contribution is 6.10. The summed E-state index contributed by atoms with van der Waals surface area (Å²) >= 11 is 0. The first-order valence-electron chi connectivity index (χ1n) is 5.38. The molecule has 2 aromatic heterocycles. The van der Waals surface area contributed by atoms with Gasteiger partial charge in [-0.2, -0.15) is 0 Å². The molecular weight excluding hydrogens is 232 g/mol. The summed E-state index contributed by atoms with van der Waals surface area (Å²) in [5, 5.41) is 11.5. The predicted octanol–water partition coefficient (Wildman–Crippen LogP) is 2.21. The summed E-state index contributed by atoms with van der Waals surface area (Å²) in [5.74, 6) is -0.408. The van der Waals surface area contributed by atoms with Gasteiger partial charge in [0.25, 0.3) is 0 Å². The van der Waals surface area contributed by atoms with Crippen molar-refractivity contribution in [2.45, 2.75) is 0 Å². The molecule has 1 aromatic carbocycles. The van der Waals surface area contributed by atoms with E-state index in [1.807, 2.05) is 12.1 Å². The van der Waals surface area contributed by atoms with Gasteiger partial charge in [0, 0.05) is 23.0 Å². The van der Waals surface area contributed by atoms with Crippen LogP contribution >= 0.6 is 0 Å². The summed E-state index contributed by atoms with van der Waals surface area (Å²) in [6.45, 7) is 0. The Morgan fingerprint density at radius 3 is 3.00 bits per heavy atom. The number of nitrogens with zero attached hydrogens (tertiary/aromatic N) is 1. The van der Waals surface area contributed by atoms with Gasteiger partial charge in [0.15, 0.2) is 0 Å². The fraction of sp³-hybridized carbons (Fsp3) is 0.0769. The van der Waals surface area contributed by atoms with Crippen LogP contribution in [0.15, 0.2) is 30.5 Å². The second-order valence-corrected chi connectivity index (χ2v) is 3.93. The van der Waals surface area contributed by atoms with Crippen molar-refractivity contribution in [3.8, 4) is 5.75 Å². The van der Waals surface area contributed by atoms with Crippen LogP contribution in [-0.2, 0) is 4.74 Å². The lowest BCUT2D eigenvalue weighted by Gasteiger charge is -2.00. The number of fused-ring (bicyclic) bond motifs is 3. The van der Waals surface area contributed by atoms with E-state index >= 15 is 0 Å². The predicted molar refractivity (Wildman–Crippen MR) is 66.6 cm³/mol. The second kappa shape index (κ2) is 3.73. The molecule has 5 heteroatoms. The monoisotopic (exact) mass is 242 g/mol. The number of esters is 1. The molecule has 0 aliphatic carbocycles. The molecule has 3 aromatic rings. The summed E-state index contributed by atoms with van der Waals surface area (Å²) in [7, 11) is 1.31. The third kappa shape index (κ3) is 1.41. The van der Waals surface area contributed by atoms with Crippen LogP contribution in [0.2, 0.25) is 0 Å². The number of carbonyl (C=O) groups is 1. The van der Waals surface area contributed by atoms with Crippen molar-refractivity contribution < 1.29 is 14.6 Å². The average Bonchev–Trinajstić information content (AvgIpc) is 2.84. The van der Waals surface area contributed by atoms with Crippen LogP contribution in [0.1, 0.15) is 10.5 Å². The minimum absolute atomic E-state index is 0.0614. The van der Waals surface area contributed by atoms with Gasteiger partial charge in [0.2, 0.25) is 0 Å². The molecule has 5 nitrogen and oxygen atoms in total. The SMILES string of the molecule is COC(=O)c1cc2c([nH]1)c(O)cc1ncccc12. The number of rotatable bonds is 1. The number of methoxy groups -OCH3 is 1. The van der Waals surface area contributed by atoms with Crippen LogP contribution in [0.4, 0.5) is 0 Å². The van der Waals surface area contributed by atoms with Gasteiger partial charge in [-0.25, -0.2) is 4.79 Å². The molecule has 0 spiro atoms. The van der Waals surface area contributed by atoms with E-state index in [9.17, 15) is 9.90 Å². The van der Waals surface area contributed by atoms with Crippen molar-refractivity contribution in [1.82, 2.24) is 9.97 Å². The van der Waals surface area contributed by atoms with E-state index in [0.29, 0.717) is 16.7 Å². The molecule has 2 N–H and O–H groups in total. The number of phenols is 1. The fourth-order valence-electron chi connectivity index (χ4n) is 2.05. The van der Waals surface area contributed by atoms with Crippen LogP contribution in [-0.4, -0.2) is 28.2 Å². The zero-order chi connectivity index (χ0) is 12.7. The third-order valence-electron chi connectivity index (χ3n) is 2.88. The largest absolute Gasteiger partial charge is 0.506 e. The fourth-order valence-corrected chi connectivity index (χ4v) is 2.05. The summed E-state index contributed by atoms with van der Waals surface area (Å²) in [6, 6.07) is 6.92. The molecule has 0 unspecified atom stereocenters. The number of phenolic OH excluding ortho intramolecular Hbond substituents is 1. The number of benzene rings is 1. The molecule has 3 rings (SSSR count). The minimum Gasteiger partial charge on any atom is -0.506 e. The Kier molecular flexibility index (Phi) is 2.19. The molecular formula is C13H10N2O3. The number of hydrogen-bond acceptors (Lipinski definition) is 4. The lowest BCUT2D eigenvalue weighted by atomic mass is 10.1. The second-order valence-electron chi connectivity index (χ2n) is 3.93. The number of carbonyl (C=O) groups excluding carboxylic acids is 1. The molecule has 2 heterocycles. The first kappa shape index (κ1) is 10.6. The summed E-state index contributed by atoms with van der Waals surface area (Å²) in [6.07, 6.45) is 1.65. The quantitative estimate of drug-likeness (QED) is 0.641. The Hall–Kier alpha value is -2.56. The molecule has 0 fully saturated rings. The van der Waals surface area contributed by atoms with Crippen molar-refractivity contribution in [2.75, 3.05) is 7.11 Å². The standard InChI is InChI=1S/C13H10N2O3/c1-18-13(17)10-5-8-7-3-2-4-14-9(7)6-11(16)12(8)15-10/h2-6,15-16H,1H3. The van der Waals surface area contributed by atoms with Crippen molar-refractivity contribution >= 4 is 27.8 Å². The van der Waals surface area contributed by atoms with Crippen LogP contribution in [0, 0.1) is 0 Å². The van der Waals surface area contributed by atoms with Gasteiger partial charge in [-0.3, -0.25) is 4.98 Å². The lowest BCUT2D eigenvalue weighted by Crippen LogP contribution is -2.00. The highest BCUT2D eigenvalue weighted by Crippen LogP contribution is 2.31. The number of ether oxygens (including phenoxy) is 1. The van der Waals surface area contributed by atoms with E-state index in [0.717, 1.165) is 10.8 Å².